The van der Waals surface area contributed by atoms with Crippen molar-refractivity contribution in [1.82, 2.24) is 5.32 Å². The number of oxime groups is 1. The summed E-state index contributed by atoms with van der Waals surface area (Å²) >= 11 is 0. The lowest BCUT2D eigenvalue weighted by Crippen LogP contribution is -2.21. The maximum atomic E-state index is 14.2. The number of hydrogen-bond acceptors (Lipinski definition) is 3. The molecule has 0 amide bonds. The van der Waals surface area contributed by atoms with Crippen molar-refractivity contribution >= 4 is 5.84 Å². The first kappa shape index (κ1) is 15.8. The summed E-state index contributed by atoms with van der Waals surface area (Å²) in [7, 11) is 0. The van der Waals surface area contributed by atoms with Gasteiger partial charge < -0.3 is 16.3 Å². The molecule has 0 radical (unpaired) electrons. The van der Waals surface area contributed by atoms with Crippen molar-refractivity contribution in [1.29, 1.82) is 0 Å². The lowest BCUT2D eigenvalue weighted by atomic mass is 10.0. The normalized spacial score (nSPS) is 20.5. The van der Waals surface area contributed by atoms with Crippen LogP contribution in [0.3, 0.4) is 0 Å². The maximum Gasteiger partial charge on any atom is 0.173 e. The molecule has 0 saturated heterocycles. The Morgan fingerprint density at radius 1 is 1.33 bits per heavy atom. The number of nitrogens with one attached hydrogen (secondary N) is 1. The Labute approximate surface area is 125 Å². The molecule has 0 bridgehead atoms. The monoisotopic (exact) mass is 293 g/mol. The standard InChI is InChI=1S/C16H24FN3O/c1-15(2)12(16(15,3)4)9-19-8-10-6-5-7-11(13(10)17)14(18)20-21/h5-7,12,19,21H,8-9H2,1-4H3,(H2,18,20). The highest BCUT2D eigenvalue weighted by molar-refractivity contribution is 5.97. The Balaban J connectivity index is 1.99. The summed E-state index contributed by atoms with van der Waals surface area (Å²) in [6.07, 6.45) is 0. The first-order valence-electron chi connectivity index (χ1n) is 7.19. The van der Waals surface area contributed by atoms with E-state index in [1.807, 2.05) is 0 Å². The van der Waals surface area contributed by atoms with Gasteiger partial charge in [0.2, 0.25) is 0 Å². The number of nitrogens with zero attached hydrogens (tertiary/aromatic N) is 1. The van der Waals surface area contributed by atoms with E-state index < -0.39 is 5.82 Å². The van der Waals surface area contributed by atoms with Crippen LogP contribution in [0, 0.1) is 22.6 Å². The van der Waals surface area contributed by atoms with Crippen LogP contribution in [0.5, 0.6) is 0 Å². The van der Waals surface area contributed by atoms with Crippen molar-refractivity contribution in [2.24, 2.45) is 27.6 Å². The van der Waals surface area contributed by atoms with Gasteiger partial charge in [-0.15, -0.1) is 0 Å². The zero-order valence-corrected chi connectivity index (χ0v) is 13.1. The van der Waals surface area contributed by atoms with E-state index in [0.29, 0.717) is 28.9 Å². The Bertz CT molecular complexity index is 553. The van der Waals surface area contributed by atoms with E-state index in [-0.39, 0.29) is 11.4 Å². The number of halogens is 1. The Morgan fingerprint density at radius 3 is 2.48 bits per heavy atom. The van der Waals surface area contributed by atoms with Crippen molar-refractivity contribution in [3.8, 4) is 0 Å². The van der Waals surface area contributed by atoms with Crippen LogP contribution in [0.2, 0.25) is 0 Å². The third kappa shape index (κ3) is 2.62. The second-order valence-electron chi connectivity index (χ2n) is 6.89. The molecule has 0 heterocycles. The van der Waals surface area contributed by atoms with Gasteiger partial charge in [0.15, 0.2) is 5.84 Å². The van der Waals surface area contributed by atoms with Crippen LogP contribution in [0.4, 0.5) is 4.39 Å². The molecule has 1 aliphatic rings. The number of amidine groups is 1. The van der Waals surface area contributed by atoms with Crippen molar-refractivity contribution in [2.45, 2.75) is 34.2 Å². The Kier molecular flexibility index (Phi) is 3.97. The van der Waals surface area contributed by atoms with Gasteiger partial charge in [0, 0.05) is 12.1 Å². The van der Waals surface area contributed by atoms with Crippen molar-refractivity contribution < 1.29 is 9.60 Å². The molecule has 1 aromatic rings. The minimum Gasteiger partial charge on any atom is -0.409 e. The van der Waals surface area contributed by atoms with Crippen LogP contribution in [0.15, 0.2) is 23.4 Å². The predicted octanol–water partition coefficient (Wildman–Crippen LogP) is 2.69. The molecule has 116 valence electrons. The molecule has 0 unspecified atom stereocenters. The zero-order chi connectivity index (χ0) is 15.8. The van der Waals surface area contributed by atoms with Crippen LogP contribution in [0.25, 0.3) is 0 Å². The van der Waals surface area contributed by atoms with Gasteiger partial charge in [-0.2, -0.15) is 0 Å². The summed E-state index contributed by atoms with van der Waals surface area (Å²) in [6.45, 7) is 10.3. The minimum absolute atomic E-state index is 0.129. The largest absolute Gasteiger partial charge is 0.409 e. The minimum atomic E-state index is -0.436. The number of hydrogen-bond donors (Lipinski definition) is 3. The molecule has 1 aliphatic carbocycles. The fourth-order valence-electron chi connectivity index (χ4n) is 3.16. The van der Waals surface area contributed by atoms with Crippen LogP contribution < -0.4 is 11.1 Å². The van der Waals surface area contributed by atoms with Crippen molar-refractivity contribution in [3.05, 3.63) is 35.1 Å². The summed E-state index contributed by atoms with van der Waals surface area (Å²) in [6, 6.07) is 4.92. The molecule has 1 fully saturated rings. The van der Waals surface area contributed by atoms with Crippen LogP contribution in [0.1, 0.15) is 38.8 Å². The molecule has 0 aliphatic heterocycles. The number of rotatable bonds is 5. The van der Waals surface area contributed by atoms with Crippen molar-refractivity contribution in [3.63, 3.8) is 0 Å². The molecule has 4 nitrogen and oxygen atoms in total. The van der Waals surface area contributed by atoms with E-state index in [2.05, 4.69) is 38.2 Å². The van der Waals surface area contributed by atoms with Crippen molar-refractivity contribution in [2.75, 3.05) is 6.54 Å². The van der Waals surface area contributed by atoms with Gasteiger partial charge in [0.1, 0.15) is 5.82 Å². The van der Waals surface area contributed by atoms with Gasteiger partial charge in [0.05, 0.1) is 5.56 Å². The van der Waals surface area contributed by atoms with E-state index in [0.717, 1.165) is 6.54 Å². The smallest absolute Gasteiger partial charge is 0.173 e. The zero-order valence-electron chi connectivity index (χ0n) is 13.1. The highest BCUT2D eigenvalue weighted by atomic mass is 19.1. The molecule has 4 N–H and O–H groups in total. The molecule has 5 heteroatoms. The average molecular weight is 293 g/mol. The van der Waals surface area contributed by atoms with E-state index >= 15 is 0 Å². The average Bonchev–Trinajstić information content (AvgIpc) is 2.82. The molecule has 0 atom stereocenters. The van der Waals surface area contributed by atoms with E-state index in [4.69, 9.17) is 10.9 Å². The first-order valence-corrected chi connectivity index (χ1v) is 7.19. The molecule has 1 aromatic carbocycles. The highest BCUT2D eigenvalue weighted by Gasteiger charge is 2.63. The summed E-state index contributed by atoms with van der Waals surface area (Å²) in [4.78, 5) is 0. The van der Waals surface area contributed by atoms with E-state index in [1.54, 1.807) is 12.1 Å². The SMILES string of the molecule is CC1(C)C(CNCc2cccc(/C(N)=N/O)c2F)C1(C)C. The molecule has 2 rings (SSSR count). The van der Waals surface area contributed by atoms with Gasteiger partial charge in [0.25, 0.3) is 0 Å². The van der Waals surface area contributed by atoms with Crippen LogP contribution in [-0.4, -0.2) is 17.6 Å². The lowest BCUT2D eigenvalue weighted by molar-refractivity contribution is 0.318. The van der Waals surface area contributed by atoms with Gasteiger partial charge >= 0.3 is 0 Å². The fourth-order valence-corrected chi connectivity index (χ4v) is 3.16. The summed E-state index contributed by atoms with van der Waals surface area (Å²) in [5, 5.41) is 14.8. The number of benzene rings is 1. The fraction of sp³-hybridized carbons (Fsp3) is 0.562. The second kappa shape index (κ2) is 5.30. The second-order valence-corrected chi connectivity index (χ2v) is 6.89. The first-order chi connectivity index (χ1) is 9.73. The Hall–Kier alpha value is -1.62. The maximum absolute atomic E-state index is 14.2. The van der Waals surface area contributed by atoms with Gasteiger partial charge in [-0.25, -0.2) is 4.39 Å². The quantitative estimate of drug-likeness (QED) is 0.338. The molecule has 1 saturated carbocycles. The third-order valence-electron chi connectivity index (χ3n) is 5.45. The van der Waals surface area contributed by atoms with E-state index in [1.165, 1.54) is 6.07 Å². The summed E-state index contributed by atoms with van der Waals surface area (Å²) < 4.78 is 14.2. The summed E-state index contributed by atoms with van der Waals surface area (Å²) in [5.74, 6) is -0.0613. The van der Waals surface area contributed by atoms with Gasteiger partial charge in [-0.05, 0) is 29.4 Å². The molecule has 21 heavy (non-hydrogen) atoms. The topological polar surface area (TPSA) is 70.6 Å². The van der Waals surface area contributed by atoms with Crippen LogP contribution >= 0.6 is 0 Å². The molecular formula is C16H24FN3O. The Morgan fingerprint density at radius 2 is 1.95 bits per heavy atom. The van der Waals surface area contributed by atoms with Gasteiger partial charge in [-0.1, -0.05) is 45.0 Å². The molecule has 0 aromatic heterocycles. The molecular weight excluding hydrogens is 269 g/mol. The van der Waals surface area contributed by atoms with E-state index in [9.17, 15) is 4.39 Å². The third-order valence-corrected chi connectivity index (χ3v) is 5.45. The molecule has 0 spiro atoms. The lowest BCUT2D eigenvalue weighted by Gasteiger charge is -2.09. The van der Waals surface area contributed by atoms with Gasteiger partial charge in [-0.3, -0.25) is 0 Å². The predicted molar refractivity (Wildman–Crippen MR) is 81.7 cm³/mol. The number of nitrogens with two attached hydrogens (primary N) is 1. The van der Waals surface area contributed by atoms with Crippen LogP contribution in [-0.2, 0) is 6.54 Å². The summed E-state index contributed by atoms with van der Waals surface area (Å²) in [5.41, 5.74) is 6.74. The highest BCUT2D eigenvalue weighted by Crippen LogP contribution is 2.67.